The van der Waals surface area contributed by atoms with Crippen LogP contribution in [-0.4, -0.2) is 17.9 Å². The van der Waals surface area contributed by atoms with Gasteiger partial charge < -0.3 is 10.6 Å². The molecule has 4 heteroatoms. The van der Waals surface area contributed by atoms with Gasteiger partial charge in [-0.1, -0.05) is 6.07 Å². The molecule has 4 nitrogen and oxygen atoms in total. The lowest BCUT2D eigenvalue weighted by molar-refractivity contribution is -0.118. The van der Waals surface area contributed by atoms with Crippen molar-refractivity contribution in [1.29, 1.82) is 0 Å². The summed E-state index contributed by atoms with van der Waals surface area (Å²) in [5.74, 6) is 0.190. The standard InChI is InChI=1S/C19H21N3O/c1-22-18-7-5-12(9-13(18)6-8-19(22)23)15-10-21-11-16-14(15)3-2-4-17(16)20/h5,7,9-11,17H,2-4,6,8,20H2,1H3/t17-/m1/s1. The van der Waals surface area contributed by atoms with E-state index in [1.807, 2.05) is 19.4 Å². The molecule has 1 aromatic heterocycles. The van der Waals surface area contributed by atoms with Crippen molar-refractivity contribution in [2.24, 2.45) is 5.73 Å². The zero-order chi connectivity index (χ0) is 16.0. The van der Waals surface area contributed by atoms with Crippen molar-refractivity contribution in [3.63, 3.8) is 0 Å². The normalized spacial score (nSPS) is 20.2. The number of benzene rings is 1. The number of rotatable bonds is 1. The van der Waals surface area contributed by atoms with Crippen molar-refractivity contribution in [1.82, 2.24) is 4.98 Å². The average Bonchev–Trinajstić information content (AvgIpc) is 2.58. The van der Waals surface area contributed by atoms with E-state index in [0.717, 1.165) is 31.4 Å². The van der Waals surface area contributed by atoms with Gasteiger partial charge in [-0.25, -0.2) is 0 Å². The number of nitrogens with zero attached hydrogens (tertiary/aromatic N) is 2. The van der Waals surface area contributed by atoms with Gasteiger partial charge in [0.2, 0.25) is 5.91 Å². The Balaban J connectivity index is 1.81. The second-order valence-electron chi connectivity index (χ2n) is 6.55. The van der Waals surface area contributed by atoms with Crippen molar-refractivity contribution < 1.29 is 4.79 Å². The number of anilines is 1. The summed E-state index contributed by atoms with van der Waals surface area (Å²) >= 11 is 0. The molecule has 0 radical (unpaired) electrons. The number of carbonyl (C=O) groups is 1. The highest BCUT2D eigenvalue weighted by atomic mass is 16.2. The summed E-state index contributed by atoms with van der Waals surface area (Å²) in [5.41, 5.74) is 13.4. The first kappa shape index (κ1) is 14.4. The van der Waals surface area contributed by atoms with Crippen molar-refractivity contribution in [3.8, 4) is 11.1 Å². The van der Waals surface area contributed by atoms with E-state index in [4.69, 9.17) is 5.73 Å². The van der Waals surface area contributed by atoms with Crippen LogP contribution < -0.4 is 10.6 Å². The predicted molar refractivity (Wildman–Crippen MR) is 91.3 cm³/mol. The first-order valence-electron chi connectivity index (χ1n) is 8.27. The van der Waals surface area contributed by atoms with E-state index in [9.17, 15) is 4.79 Å². The first-order valence-corrected chi connectivity index (χ1v) is 8.27. The highest BCUT2D eigenvalue weighted by molar-refractivity contribution is 5.96. The molecule has 0 fully saturated rings. The molecule has 2 heterocycles. The summed E-state index contributed by atoms with van der Waals surface area (Å²) in [6.45, 7) is 0. The van der Waals surface area contributed by atoms with Gasteiger partial charge in [0.1, 0.15) is 0 Å². The molecule has 2 aliphatic rings. The van der Waals surface area contributed by atoms with E-state index in [1.54, 1.807) is 4.90 Å². The van der Waals surface area contributed by atoms with Crippen molar-refractivity contribution in [2.45, 2.75) is 38.1 Å². The van der Waals surface area contributed by atoms with Crippen molar-refractivity contribution in [3.05, 3.63) is 47.3 Å². The zero-order valence-corrected chi connectivity index (χ0v) is 13.4. The van der Waals surface area contributed by atoms with E-state index in [1.165, 1.54) is 27.8 Å². The number of carbonyl (C=O) groups excluding carboxylic acids is 1. The number of hydrogen-bond acceptors (Lipinski definition) is 3. The third-order valence-electron chi connectivity index (χ3n) is 5.17. The Morgan fingerprint density at radius 3 is 2.96 bits per heavy atom. The maximum absolute atomic E-state index is 11.8. The van der Waals surface area contributed by atoms with Crippen LogP contribution in [0.4, 0.5) is 5.69 Å². The second kappa shape index (κ2) is 5.46. The summed E-state index contributed by atoms with van der Waals surface area (Å²) in [5, 5.41) is 0. The molecule has 0 saturated carbocycles. The zero-order valence-electron chi connectivity index (χ0n) is 13.4. The van der Waals surface area contributed by atoms with Gasteiger partial charge >= 0.3 is 0 Å². The van der Waals surface area contributed by atoms with Crippen LogP contribution in [0.15, 0.2) is 30.6 Å². The maximum atomic E-state index is 11.8. The number of aryl methyl sites for hydroxylation is 1. The summed E-state index contributed by atoms with van der Waals surface area (Å²) < 4.78 is 0. The van der Waals surface area contributed by atoms with E-state index in [0.29, 0.717) is 6.42 Å². The Bertz CT molecular complexity index is 784. The van der Waals surface area contributed by atoms with Gasteiger partial charge in [0.05, 0.1) is 0 Å². The van der Waals surface area contributed by atoms with Gasteiger partial charge in [0, 0.05) is 43.2 Å². The van der Waals surface area contributed by atoms with E-state index < -0.39 is 0 Å². The molecule has 0 bridgehead atoms. The molecule has 0 spiro atoms. The topological polar surface area (TPSA) is 59.2 Å². The average molecular weight is 307 g/mol. The molecule has 2 aromatic rings. The molecule has 1 atom stereocenters. The molecular weight excluding hydrogens is 286 g/mol. The van der Waals surface area contributed by atoms with Gasteiger partial charge in [0.15, 0.2) is 0 Å². The number of fused-ring (bicyclic) bond motifs is 2. The lowest BCUT2D eigenvalue weighted by atomic mass is 9.84. The number of aromatic nitrogens is 1. The Kier molecular flexibility index (Phi) is 3.42. The minimum Gasteiger partial charge on any atom is -0.324 e. The third kappa shape index (κ3) is 2.34. The Morgan fingerprint density at radius 1 is 1.22 bits per heavy atom. The fourth-order valence-electron chi connectivity index (χ4n) is 3.83. The van der Waals surface area contributed by atoms with Crippen LogP contribution in [0.3, 0.4) is 0 Å². The fourth-order valence-corrected chi connectivity index (χ4v) is 3.83. The number of nitrogens with two attached hydrogens (primary N) is 1. The van der Waals surface area contributed by atoms with E-state index >= 15 is 0 Å². The third-order valence-corrected chi connectivity index (χ3v) is 5.17. The Morgan fingerprint density at radius 2 is 2.09 bits per heavy atom. The van der Waals surface area contributed by atoms with Crippen molar-refractivity contribution in [2.75, 3.05) is 11.9 Å². The van der Waals surface area contributed by atoms with Crippen LogP contribution in [0.5, 0.6) is 0 Å². The Hall–Kier alpha value is -2.20. The number of hydrogen-bond donors (Lipinski definition) is 1. The first-order chi connectivity index (χ1) is 11.1. The van der Waals surface area contributed by atoms with Gasteiger partial charge in [-0.15, -0.1) is 0 Å². The van der Waals surface area contributed by atoms with Crippen LogP contribution in [0, 0.1) is 0 Å². The van der Waals surface area contributed by atoms with Crippen molar-refractivity contribution >= 4 is 11.6 Å². The van der Waals surface area contributed by atoms with E-state index in [2.05, 4.69) is 23.2 Å². The van der Waals surface area contributed by atoms with Crippen LogP contribution in [0.2, 0.25) is 0 Å². The van der Waals surface area contributed by atoms with E-state index in [-0.39, 0.29) is 11.9 Å². The number of pyridine rings is 1. The molecule has 1 aliphatic carbocycles. The van der Waals surface area contributed by atoms with Gasteiger partial charge in [-0.05, 0) is 60.1 Å². The largest absolute Gasteiger partial charge is 0.324 e. The monoisotopic (exact) mass is 307 g/mol. The molecule has 23 heavy (non-hydrogen) atoms. The highest BCUT2D eigenvalue weighted by Gasteiger charge is 2.23. The molecular formula is C19H21N3O. The summed E-state index contributed by atoms with van der Waals surface area (Å²) in [7, 11) is 1.85. The molecule has 1 amide bonds. The smallest absolute Gasteiger partial charge is 0.227 e. The lowest BCUT2D eigenvalue weighted by Crippen LogP contribution is -2.31. The molecule has 4 rings (SSSR count). The molecule has 0 saturated heterocycles. The van der Waals surface area contributed by atoms with Crippen LogP contribution >= 0.6 is 0 Å². The molecule has 0 unspecified atom stereocenters. The molecule has 1 aliphatic heterocycles. The summed E-state index contributed by atoms with van der Waals surface area (Å²) in [6.07, 6.45) is 8.51. The SMILES string of the molecule is CN1C(=O)CCc2cc(-c3cncc4c3CCC[C@H]4N)ccc21. The number of amides is 1. The van der Waals surface area contributed by atoms with Gasteiger partial charge in [0.25, 0.3) is 0 Å². The van der Waals surface area contributed by atoms with Crippen LogP contribution in [-0.2, 0) is 17.6 Å². The second-order valence-corrected chi connectivity index (χ2v) is 6.55. The molecule has 118 valence electrons. The fraction of sp³-hybridized carbons (Fsp3) is 0.368. The van der Waals surface area contributed by atoms with Gasteiger partial charge in [-0.2, -0.15) is 0 Å². The predicted octanol–water partition coefficient (Wildman–Crippen LogP) is 2.99. The van der Waals surface area contributed by atoms with Crippen LogP contribution in [0.1, 0.15) is 42.0 Å². The highest BCUT2D eigenvalue weighted by Crippen LogP contribution is 2.37. The molecule has 2 N–H and O–H groups in total. The quantitative estimate of drug-likeness (QED) is 0.881. The molecule has 1 aromatic carbocycles. The lowest BCUT2D eigenvalue weighted by Gasteiger charge is -2.27. The maximum Gasteiger partial charge on any atom is 0.227 e. The van der Waals surface area contributed by atoms with Crippen LogP contribution in [0.25, 0.3) is 11.1 Å². The minimum atomic E-state index is 0.104. The van der Waals surface area contributed by atoms with Gasteiger partial charge in [-0.3, -0.25) is 9.78 Å². The summed E-state index contributed by atoms with van der Waals surface area (Å²) in [6, 6.07) is 6.48. The minimum absolute atomic E-state index is 0.104. The Labute approximate surface area is 136 Å². The summed E-state index contributed by atoms with van der Waals surface area (Å²) in [4.78, 5) is 18.0.